The van der Waals surface area contributed by atoms with Crippen molar-refractivity contribution in [3.05, 3.63) is 48.9 Å². The van der Waals surface area contributed by atoms with Crippen molar-refractivity contribution in [3.63, 3.8) is 0 Å². The maximum Gasteiger partial charge on any atom is 0.142 e. The number of methoxy groups -OCH3 is 1. The molecule has 6 heteroatoms. The number of hydrogen-bond acceptors (Lipinski definition) is 5. The van der Waals surface area contributed by atoms with Crippen molar-refractivity contribution in [3.8, 4) is 28.5 Å². The second kappa shape index (κ2) is 5.77. The number of nitrogens with zero attached hydrogens (tertiary/aromatic N) is 3. The molecule has 0 unspecified atom stereocenters. The van der Waals surface area contributed by atoms with Crippen LogP contribution in [0.4, 0.5) is 5.69 Å². The molecule has 3 aromatic rings. The second-order valence-corrected chi connectivity index (χ2v) is 4.79. The Hall–Kier alpha value is -3.02. The molecule has 0 saturated carbocycles. The van der Waals surface area contributed by atoms with Crippen LogP contribution >= 0.6 is 0 Å². The van der Waals surface area contributed by atoms with Crippen molar-refractivity contribution in [2.24, 2.45) is 7.05 Å². The Morgan fingerprint density at radius 2 is 1.95 bits per heavy atom. The molecule has 2 N–H and O–H groups in total. The zero-order valence-electron chi connectivity index (χ0n) is 12.4. The number of hydrogen-bond donors (Lipinski definition) is 1. The molecule has 22 heavy (non-hydrogen) atoms. The Morgan fingerprint density at radius 1 is 1.14 bits per heavy atom. The van der Waals surface area contributed by atoms with Gasteiger partial charge in [0, 0.05) is 37.1 Å². The lowest BCUT2D eigenvalue weighted by atomic mass is 10.2. The minimum Gasteiger partial charge on any atom is -0.495 e. The largest absolute Gasteiger partial charge is 0.495 e. The van der Waals surface area contributed by atoms with Gasteiger partial charge in [0.15, 0.2) is 0 Å². The number of ether oxygens (including phenoxy) is 2. The van der Waals surface area contributed by atoms with E-state index in [0.29, 0.717) is 22.9 Å². The molecule has 0 amide bonds. The summed E-state index contributed by atoms with van der Waals surface area (Å²) in [5.41, 5.74) is 8.14. The molecular weight excluding hydrogens is 280 g/mol. The topological polar surface area (TPSA) is 75.2 Å². The van der Waals surface area contributed by atoms with Gasteiger partial charge < -0.3 is 15.2 Å². The molecule has 0 aliphatic rings. The SMILES string of the molecule is COc1ccc(Oc2ccnc(-c3cnn(C)c3)c2)cc1N. The Morgan fingerprint density at radius 3 is 2.64 bits per heavy atom. The summed E-state index contributed by atoms with van der Waals surface area (Å²) in [4.78, 5) is 4.33. The minimum absolute atomic E-state index is 0.529. The molecule has 0 radical (unpaired) electrons. The first-order chi connectivity index (χ1) is 10.7. The molecule has 0 saturated heterocycles. The van der Waals surface area contributed by atoms with Crippen LogP contribution in [-0.2, 0) is 7.05 Å². The third-order valence-electron chi connectivity index (χ3n) is 3.17. The first-order valence-corrected chi connectivity index (χ1v) is 6.72. The van der Waals surface area contributed by atoms with Gasteiger partial charge in [0.1, 0.15) is 17.2 Å². The van der Waals surface area contributed by atoms with E-state index >= 15 is 0 Å². The molecule has 0 atom stereocenters. The summed E-state index contributed by atoms with van der Waals surface area (Å²) in [7, 11) is 3.44. The monoisotopic (exact) mass is 296 g/mol. The van der Waals surface area contributed by atoms with Crippen LogP contribution in [0.3, 0.4) is 0 Å². The average molecular weight is 296 g/mol. The van der Waals surface area contributed by atoms with Crippen LogP contribution in [0.5, 0.6) is 17.2 Å². The lowest BCUT2D eigenvalue weighted by Crippen LogP contribution is -1.93. The normalized spacial score (nSPS) is 10.5. The number of nitrogens with two attached hydrogens (primary N) is 1. The number of pyridine rings is 1. The van der Waals surface area contributed by atoms with Gasteiger partial charge in [-0.25, -0.2) is 0 Å². The van der Waals surface area contributed by atoms with Crippen LogP contribution in [0.15, 0.2) is 48.9 Å². The quantitative estimate of drug-likeness (QED) is 0.749. The van der Waals surface area contributed by atoms with Crippen molar-refractivity contribution in [2.45, 2.75) is 0 Å². The summed E-state index contributed by atoms with van der Waals surface area (Å²) in [6, 6.07) is 8.95. The molecule has 2 aromatic heterocycles. The summed E-state index contributed by atoms with van der Waals surface area (Å²) in [6.07, 6.45) is 5.36. The first kappa shape index (κ1) is 13.9. The molecule has 0 spiro atoms. The maximum absolute atomic E-state index is 5.88. The van der Waals surface area contributed by atoms with E-state index in [1.165, 1.54) is 0 Å². The summed E-state index contributed by atoms with van der Waals surface area (Å²) < 4.78 is 12.7. The summed E-state index contributed by atoms with van der Waals surface area (Å²) in [5, 5.41) is 4.14. The highest BCUT2D eigenvalue weighted by Gasteiger charge is 2.06. The van der Waals surface area contributed by atoms with Gasteiger partial charge in [0.2, 0.25) is 0 Å². The number of anilines is 1. The summed E-state index contributed by atoms with van der Waals surface area (Å²) in [5.74, 6) is 1.94. The van der Waals surface area contributed by atoms with Gasteiger partial charge in [-0.1, -0.05) is 0 Å². The van der Waals surface area contributed by atoms with Gasteiger partial charge >= 0.3 is 0 Å². The molecule has 0 fully saturated rings. The third-order valence-corrected chi connectivity index (χ3v) is 3.17. The zero-order chi connectivity index (χ0) is 15.5. The lowest BCUT2D eigenvalue weighted by molar-refractivity contribution is 0.415. The second-order valence-electron chi connectivity index (χ2n) is 4.79. The van der Waals surface area contributed by atoms with E-state index in [-0.39, 0.29) is 0 Å². The highest BCUT2D eigenvalue weighted by Crippen LogP contribution is 2.30. The average Bonchev–Trinajstić information content (AvgIpc) is 2.94. The van der Waals surface area contributed by atoms with Gasteiger partial charge in [0.05, 0.1) is 24.7 Å². The van der Waals surface area contributed by atoms with Crippen LogP contribution in [0.1, 0.15) is 0 Å². The Labute approximate surface area is 128 Å². The van der Waals surface area contributed by atoms with Crippen LogP contribution in [-0.4, -0.2) is 21.9 Å². The molecule has 1 aromatic carbocycles. The van der Waals surface area contributed by atoms with Gasteiger partial charge in [-0.2, -0.15) is 5.10 Å². The van der Waals surface area contributed by atoms with E-state index in [9.17, 15) is 0 Å². The van der Waals surface area contributed by atoms with Crippen molar-refractivity contribution in [1.29, 1.82) is 0 Å². The van der Waals surface area contributed by atoms with E-state index in [1.54, 1.807) is 48.5 Å². The van der Waals surface area contributed by atoms with Crippen molar-refractivity contribution < 1.29 is 9.47 Å². The van der Waals surface area contributed by atoms with E-state index in [2.05, 4.69) is 10.1 Å². The predicted octanol–water partition coefficient (Wildman–Crippen LogP) is 2.87. The number of aromatic nitrogens is 3. The highest BCUT2D eigenvalue weighted by atomic mass is 16.5. The van der Waals surface area contributed by atoms with E-state index < -0.39 is 0 Å². The Bertz CT molecular complexity index is 798. The number of benzene rings is 1. The van der Waals surface area contributed by atoms with Gasteiger partial charge in [-0.05, 0) is 18.2 Å². The van der Waals surface area contributed by atoms with Crippen molar-refractivity contribution in [1.82, 2.24) is 14.8 Å². The molecule has 0 bridgehead atoms. The van der Waals surface area contributed by atoms with Crippen LogP contribution in [0.25, 0.3) is 11.3 Å². The molecular formula is C16H16N4O2. The predicted molar refractivity (Wildman–Crippen MR) is 83.9 cm³/mol. The fourth-order valence-electron chi connectivity index (χ4n) is 2.10. The van der Waals surface area contributed by atoms with Gasteiger partial charge in [0.25, 0.3) is 0 Å². The number of aryl methyl sites for hydroxylation is 1. The maximum atomic E-state index is 5.88. The summed E-state index contributed by atoms with van der Waals surface area (Å²) >= 11 is 0. The molecule has 3 rings (SSSR count). The smallest absolute Gasteiger partial charge is 0.142 e. The fourth-order valence-corrected chi connectivity index (χ4v) is 2.10. The van der Waals surface area contributed by atoms with Crippen molar-refractivity contribution in [2.75, 3.05) is 12.8 Å². The van der Waals surface area contributed by atoms with Gasteiger partial charge in [-0.3, -0.25) is 9.67 Å². The molecule has 2 heterocycles. The number of rotatable bonds is 4. The lowest BCUT2D eigenvalue weighted by Gasteiger charge is -2.09. The van der Waals surface area contributed by atoms with Crippen LogP contribution in [0, 0.1) is 0 Å². The van der Waals surface area contributed by atoms with Gasteiger partial charge in [-0.15, -0.1) is 0 Å². The number of nitrogen functional groups attached to an aromatic ring is 1. The first-order valence-electron chi connectivity index (χ1n) is 6.72. The van der Waals surface area contributed by atoms with Crippen LogP contribution in [0.2, 0.25) is 0 Å². The fraction of sp³-hybridized carbons (Fsp3) is 0.125. The standard InChI is InChI=1S/C16H16N4O2/c1-20-10-11(9-19-20)15-8-13(5-6-18-15)22-12-3-4-16(21-2)14(17)7-12/h3-10H,17H2,1-2H3. The van der Waals surface area contributed by atoms with E-state index in [1.807, 2.05) is 19.3 Å². The summed E-state index contributed by atoms with van der Waals surface area (Å²) in [6.45, 7) is 0. The highest BCUT2D eigenvalue weighted by molar-refractivity contribution is 5.60. The molecule has 6 nitrogen and oxygen atoms in total. The molecule has 0 aliphatic carbocycles. The van der Waals surface area contributed by atoms with E-state index in [0.717, 1.165) is 11.3 Å². The van der Waals surface area contributed by atoms with Crippen molar-refractivity contribution >= 4 is 5.69 Å². The van der Waals surface area contributed by atoms with E-state index in [4.69, 9.17) is 15.2 Å². The minimum atomic E-state index is 0.529. The molecule has 112 valence electrons. The molecule has 0 aliphatic heterocycles. The van der Waals surface area contributed by atoms with Crippen LogP contribution < -0.4 is 15.2 Å². The Kier molecular flexibility index (Phi) is 3.65. The zero-order valence-corrected chi connectivity index (χ0v) is 12.4. The Balaban J connectivity index is 1.85. The third kappa shape index (κ3) is 2.85.